The molecule has 3 N–H and O–H groups in total. The monoisotopic (exact) mass is 352 g/mol. The van der Waals surface area contributed by atoms with Gasteiger partial charge in [-0.1, -0.05) is 50.5 Å². The zero-order valence-corrected chi connectivity index (χ0v) is 15.1. The Bertz CT molecular complexity index is 469. The molecule has 0 radical (unpaired) electrons. The highest BCUT2D eigenvalue weighted by Crippen LogP contribution is 2.33. The summed E-state index contributed by atoms with van der Waals surface area (Å²) in [5, 5.41) is 28.7. The van der Waals surface area contributed by atoms with Gasteiger partial charge in [0.25, 0.3) is 0 Å². The van der Waals surface area contributed by atoms with Crippen molar-refractivity contribution in [2.45, 2.75) is 76.9 Å². The number of carboxylic acids is 1. The largest absolute Gasteiger partial charge is 0.481 e. The molecule has 0 saturated heterocycles. The van der Waals surface area contributed by atoms with Crippen LogP contribution >= 0.6 is 0 Å². The van der Waals surface area contributed by atoms with Crippen LogP contribution in [0.1, 0.15) is 64.7 Å². The van der Waals surface area contributed by atoms with Crippen LogP contribution in [0.3, 0.4) is 0 Å². The highest BCUT2D eigenvalue weighted by atomic mass is 16.4. The molecule has 1 rings (SSSR count). The van der Waals surface area contributed by atoms with Crippen molar-refractivity contribution in [3.63, 3.8) is 0 Å². The lowest BCUT2D eigenvalue weighted by Gasteiger charge is -2.16. The van der Waals surface area contributed by atoms with E-state index in [0.717, 1.165) is 19.3 Å². The SMILES string of the molecule is CCCCC[C@@H](O)/C=C\[C@H]1[C@H](O)CC(=O)[C@@H]1C/C=C/CCCC(=O)O. The minimum absolute atomic E-state index is 0.0535. The first kappa shape index (κ1) is 21.6. The molecule has 1 saturated carbocycles. The standard InChI is InChI=1S/C20H32O5/c1-2-3-6-9-15(21)12-13-17-16(18(22)14-19(17)23)10-7-4-5-8-11-20(24)25/h4,7,12-13,15-17,19,21,23H,2-3,5-6,8-11,14H2,1H3,(H,24,25)/b7-4+,13-12-/t15-,16-,17-,19-/m1/s1. The van der Waals surface area contributed by atoms with Crippen molar-refractivity contribution in [1.29, 1.82) is 0 Å². The molecule has 0 bridgehead atoms. The number of rotatable bonds is 12. The number of allylic oxidation sites excluding steroid dienone is 2. The average molecular weight is 352 g/mol. The Morgan fingerprint density at radius 1 is 1.28 bits per heavy atom. The number of carbonyl (C=O) groups is 2. The molecule has 0 amide bonds. The van der Waals surface area contributed by atoms with Gasteiger partial charge >= 0.3 is 5.97 Å². The fourth-order valence-corrected chi connectivity index (χ4v) is 3.22. The summed E-state index contributed by atoms with van der Waals surface area (Å²) < 4.78 is 0. The predicted molar refractivity (Wildman–Crippen MR) is 97.1 cm³/mol. The van der Waals surface area contributed by atoms with Crippen molar-refractivity contribution in [2.75, 3.05) is 0 Å². The second-order valence-corrected chi connectivity index (χ2v) is 6.86. The van der Waals surface area contributed by atoms with E-state index in [1.807, 2.05) is 12.2 Å². The Morgan fingerprint density at radius 2 is 2.04 bits per heavy atom. The number of aliphatic carboxylic acids is 1. The van der Waals surface area contributed by atoms with E-state index in [9.17, 15) is 19.8 Å². The quantitative estimate of drug-likeness (QED) is 0.370. The summed E-state index contributed by atoms with van der Waals surface area (Å²) in [6.45, 7) is 2.11. The number of carboxylic acid groups (broad SMARTS) is 1. The molecular formula is C20H32O5. The Labute approximate surface area is 150 Å². The van der Waals surface area contributed by atoms with Crippen LogP contribution in [0.2, 0.25) is 0 Å². The van der Waals surface area contributed by atoms with Crippen LogP contribution in [-0.2, 0) is 9.59 Å². The van der Waals surface area contributed by atoms with E-state index >= 15 is 0 Å². The highest BCUT2D eigenvalue weighted by molar-refractivity contribution is 5.84. The Kier molecular flexibility index (Phi) is 10.3. The van der Waals surface area contributed by atoms with Gasteiger partial charge in [-0.15, -0.1) is 0 Å². The van der Waals surface area contributed by atoms with Crippen LogP contribution in [0, 0.1) is 11.8 Å². The van der Waals surface area contributed by atoms with Crippen molar-refractivity contribution >= 4 is 11.8 Å². The average Bonchev–Trinajstić information content (AvgIpc) is 2.82. The zero-order chi connectivity index (χ0) is 18.7. The number of Topliss-reactive ketones (excluding diaryl/α,β-unsaturated/α-hetero) is 1. The lowest BCUT2D eigenvalue weighted by Crippen LogP contribution is -2.18. The van der Waals surface area contributed by atoms with Gasteiger partial charge < -0.3 is 15.3 Å². The normalized spacial score (nSPS) is 25.2. The molecule has 0 spiro atoms. The number of hydrogen-bond acceptors (Lipinski definition) is 4. The first-order valence-corrected chi connectivity index (χ1v) is 9.39. The molecule has 0 aromatic carbocycles. The summed E-state index contributed by atoms with van der Waals surface area (Å²) in [4.78, 5) is 22.5. The number of aliphatic hydroxyl groups excluding tert-OH is 2. The molecule has 5 heteroatoms. The lowest BCUT2D eigenvalue weighted by atomic mass is 9.90. The maximum absolute atomic E-state index is 12.1. The third-order valence-electron chi connectivity index (χ3n) is 4.71. The number of unbranched alkanes of at least 4 members (excludes halogenated alkanes) is 3. The summed E-state index contributed by atoms with van der Waals surface area (Å²) >= 11 is 0. The summed E-state index contributed by atoms with van der Waals surface area (Å²) in [5.74, 6) is -1.26. The van der Waals surface area contributed by atoms with Crippen molar-refractivity contribution in [3.8, 4) is 0 Å². The summed E-state index contributed by atoms with van der Waals surface area (Å²) in [5.41, 5.74) is 0. The number of carbonyl (C=O) groups excluding carboxylic acids is 1. The van der Waals surface area contributed by atoms with Gasteiger partial charge in [0, 0.05) is 24.7 Å². The van der Waals surface area contributed by atoms with E-state index in [0.29, 0.717) is 25.7 Å². The van der Waals surface area contributed by atoms with Crippen LogP contribution in [-0.4, -0.2) is 39.3 Å². The number of hydrogen-bond donors (Lipinski definition) is 3. The second-order valence-electron chi connectivity index (χ2n) is 6.86. The number of aliphatic hydroxyl groups is 2. The molecule has 0 aliphatic heterocycles. The molecule has 0 heterocycles. The molecule has 4 atom stereocenters. The van der Waals surface area contributed by atoms with E-state index in [2.05, 4.69) is 6.92 Å². The molecule has 1 aliphatic rings. The molecular weight excluding hydrogens is 320 g/mol. The van der Waals surface area contributed by atoms with Gasteiger partial charge in [-0.05, 0) is 25.7 Å². The van der Waals surface area contributed by atoms with Crippen LogP contribution in [0.5, 0.6) is 0 Å². The first-order chi connectivity index (χ1) is 12.0. The fourth-order valence-electron chi connectivity index (χ4n) is 3.22. The van der Waals surface area contributed by atoms with E-state index in [4.69, 9.17) is 5.11 Å². The Morgan fingerprint density at radius 3 is 2.72 bits per heavy atom. The molecule has 1 fully saturated rings. The van der Waals surface area contributed by atoms with Gasteiger partial charge in [0.2, 0.25) is 0 Å². The third kappa shape index (κ3) is 8.45. The molecule has 142 valence electrons. The number of ketones is 1. The van der Waals surface area contributed by atoms with E-state index in [-0.39, 0.29) is 30.5 Å². The van der Waals surface area contributed by atoms with Gasteiger partial charge in [-0.3, -0.25) is 9.59 Å². The third-order valence-corrected chi connectivity index (χ3v) is 4.71. The van der Waals surface area contributed by atoms with E-state index < -0.39 is 18.2 Å². The minimum Gasteiger partial charge on any atom is -0.481 e. The highest BCUT2D eigenvalue weighted by Gasteiger charge is 2.39. The second kappa shape index (κ2) is 12.0. The summed E-state index contributed by atoms with van der Waals surface area (Å²) in [6, 6.07) is 0. The van der Waals surface area contributed by atoms with Crippen molar-refractivity contribution < 1.29 is 24.9 Å². The van der Waals surface area contributed by atoms with Gasteiger partial charge in [0.15, 0.2) is 0 Å². The maximum Gasteiger partial charge on any atom is 0.303 e. The van der Waals surface area contributed by atoms with Crippen molar-refractivity contribution in [3.05, 3.63) is 24.3 Å². The van der Waals surface area contributed by atoms with Crippen LogP contribution in [0.15, 0.2) is 24.3 Å². The first-order valence-electron chi connectivity index (χ1n) is 9.39. The van der Waals surface area contributed by atoms with Gasteiger partial charge in [-0.2, -0.15) is 0 Å². The summed E-state index contributed by atoms with van der Waals surface area (Å²) in [6.07, 6.45) is 12.1. The molecule has 0 aromatic heterocycles. The minimum atomic E-state index is -0.801. The smallest absolute Gasteiger partial charge is 0.303 e. The Hall–Kier alpha value is -1.46. The lowest BCUT2D eigenvalue weighted by molar-refractivity contribution is -0.137. The Balaban J connectivity index is 2.48. The molecule has 0 unspecified atom stereocenters. The maximum atomic E-state index is 12.1. The van der Waals surface area contributed by atoms with Gasteiger partial charge in [-0.25, -0.2) is 0 Å². The van der Waals surface area contributed by atoms with Gasteiger partial charge in [0.1, 0.15) is 5.78 Å². The van der Waals surface area contributed by atoms with E-state index in [1.165, 1.54) is 0 Å². The van der Waals surface area contributed by atoms with Gasteiger partial charge in [0.05, 0.1) is 12.2 Å². The fraction of sp³-hybridized carbons (Fsp3) is 0.700. The zero-order valence-electron chi connectivity index (χ0n) is 15.1. The predicted octanol–water partition coefficient (Wildman–Crippen LogP) is 3.25. The molecule has 25 heavy (non-hydrogen) atoms. The van der Waals surface area contributed by atoms with Crippen LogP contribution in [0.4, 0.5) is 0 Å². The molecule has 0 aromatic rings. The topological polar surface area (TPSA) is 94.8 Å². The van der Waals surface area contributed by atoms with Crippen molar-refractivity contribution in [1.82, 2.24) is 0 Å². The summed E-state index contributed by atoms with van der Waals surface area (Å²) in [7, 11) is 0. The van der Waals surface area contributed by atoms with Crippen LogP contribution < -0.4 is 0 Å². The molecule has 1 aliphatic carbocycles. The van der Waals surface area contributed by atoms with E-state index in [1.54, 1.807) is 12.2 Å². The van der Waals surface area contributed by atoms with Crippen LogP contribution in [0.25, 0.3) is 0 Å². The molecule has 5 nitrogen and oxygen atoms in total. The van der Waals surface area contributed by atoms with Crippen molar-refractivity contribution in [2.24, 2.45) is 11.8 Å².